The van der Waals surface area contributed by atoms with Crippen LogP contribution in [0.2, 0.25) is 0 Å². The third-order valence-electron chi connectivity index (χ3n) is 3.55. The van der Waals surface area contributed by atoms with Crippen LogP contribution in [0.1, 0.15) is 47.7 Å². The number of esters is 1. The normalized spacial score (nSPS) is 15.6. The number of ether oxygens (including phenoxy) is 1. The summed E-state index contributed by atoms with van der Waals surface area (Å²) in [5.74, 6) is 0.249. The van der Waals surface area contributed by atoms with E-state index < -0.39 is 0 Å². The van der Waals surface area contributed by atoms with Gasteiger partial charge in [-0.1, -0.05) is 18.2 Å². The molecule has 0 bridgehead atoms. The van der Waals surface area contributed by atoms with Gasteiger partial charge in [-0.2, -0.15) is 0 Å². The Morgan fingerprint density at radius 3 is 2.37 bits per heavy atom. The first-order valence-electron chi connectivity index (χ1n) is 6.52. The molecule has 1 aliphatic carbocycles. The summed E-state index contributed by atoms with van der Waals surface area (Å²) in [5, 5.41) is 0. The summed E-state index contributed by atoms with van der Waals surface area (Å²) in [6, 6.07) is 5.68. The van der Waals surface area contributed by atoms with Crippen LogP contribution in [-0.4, -0.2) is 11.8 Å². The minimum Gasteiger partial charge on any atom is -0.427 e. The molecule has 2 rings (SSSR count). The van der Waals surface area contributed by atoms with Crippen molar-refractivity contribution in [1.82, 2.24) is 0 Å². The Kier molecular flexibility index (Phi) is 3.84. The van der Waals surface area contributed by atoms with Crippen LogP contribution in [0.4, 0.5) is 0 Å². The Hall–Kier alpha value is -1.90. The van der Waals surface area contributed by atoms with Crippen LogP contribution in [0.5, 0.6) is 0 Å². The number of benzene rings is 1. The van der Waals surface area contributed by atoms with Crippen LogP contribution < -0.4 is 0 Å². The average molecular weight is 258 g/mol. The van der Waals surface area contributed by atoms with Crippen molar-refractivity contribution in [2.24, 2.45) is 0 Å². The lowest BCUT2D eigenvalue weighted by molar-refractivity contribution is -0.116. The monoisotopic (exact) mass is 258 g/mol. The molecule has 0 amide bonds. The Bertz CT molecular complexity index is 547. The molecule has 0 heterocycles. The van der Waals surface area contributed by atoms with Gasteiger partial charge in [-0.25, -0.2) is 4.79 Å². The minimum absolute atomic E-state index is 0.0792. The standard InChI is InChI=1S/C16H18O3/c1-10-6-4-7-11(2)15(10)16(18)19-14-9-5-8-13(17)12(14)3/h4,6-7H,5,8-9H2,1-3H3. The van der Waals surface area contributed by atoms with Crippen molar-refractivity contribution in [3.63, 3.8) is 0 Å². The Morgan fingerprint density at radius 2 is 1.74 bits per heavy atom. The molecular formula is C16H18O3. The molecule has 0 unspecified atom stereocenters. The molecule has 3 nitrogen and oxygen atoms in total. The number of Topliss-reactive ketones (excluding diaryl/α,β-unsaturated/α-hetero) is 1. The van der Waals surface area contributed by atoms with Gasteiger partial charge >= 0.3 is 5.97 Å². The van der Waals surface area contributed by atoms with E-state index in [0.29, 0.717) is 29.7 Å². The summed E-state index contributed by atoms with van der Waals surface area (Å²) in [6.45, 7) is 5.50. The topological polar surface area (TPSA) is 43.4 Å². The van der Waals surface area contributed by atoms with Crippen LogP contribution >= 0.6 is 0 Å². The van der Waals surface area contributed by atoms with Crippen molar-refractivity contribution in [1.29, 1.82) is 0 Å². The van der Waals surface area contributed by atoms with Crippen LogP contribution in [0.15, 0.2) is 29.5 Å². The molecule has 3 heteroatoms. The van der Waals surface area contributed by atoms with Gasteiger partial charge in [0.25, 0.3) is 0 Å². The molecule has 19 heavy (non-hydrogen) atoms. The predicted octanol–water partition coefficient (Wildman–Crippen LogP) is 3.49. The second kappa shape index (κ2) is 5.39. The molecule has 0 N–H and O–H groups in total. The van der Waals surface area contributed by atoms with E-state index in [9.17, 15) is 9.59 Å². The number of carbonyl (C=O) groups is 2. The van der Waals surface area contributed by atoms with Crippen molar-refractivity contribution in [3.8, 4) is 0 Å². The van der Waals surface area contributed by atoms with Gasteiger partial charge in [0.05, 0.1) is 5.56 Å². The van der Waals surface area contributed by atoms with Crippen LogP contribution in [0.3, 0.4) is 0 Å². The SMILES string of the molecule is CC1=C(OC(=O)c2c(C)cccc2C)CCCC1=O. The highest BCUT2D eigenvalue weighted by atomic mass is 16.5. The lowest BCUT2D eigenvalue weighted by atomic mass is 9.97. The number of rotatable bonds is 2. The fourth-order valence-electron chi connectivity index (χ4n) is 2.37. The average Bonchev–Trinajstić information content (AvgIpc) is 2.35. The molecule has 1 aromatic carbocycles. The minimum atomic E-state index is -0.361. The summed E-state index contributed by atoms with van der Waals surface area (Å²) in [5.41, 5.74) is 2.97. The first-order chi connectivity index (χ1) is 9.00. The fourth-order valence-corrected chi connectivity index (χ4v) is 2.37. The number of allylic oxidation sites excluding steroid dienone is 2. The first-order valence-corrected chi connectivity index (χ1v) is 6.52. The van der Waals surface area contributed by atoms with Gasteiger partial charge in [0.2, 0.25) is 0 Å². The molecule has 0 saturated heterocycles. The van der Waals surface area contributed by atoms with Crippen LogP contribution in [0, 0.1) is 13.8 Å². The highest BCUT2D eigenvalue weighted by Crippen LogP contribution is 2.25. The number of carbonyl (C=O) groups excluding carboxylic acids is 2. The van der Waals surface area contributed by atoms with E-state index in [1.165, 1.54) is 0 Å². The number of aryl methyl sites for hydroxylation is 2. The van der Waals surface area contributed by atoms with Gasteiger partial charge in [0.15, 0.2) is 5.78 Å². The maximum absolute atomic E-state index is 12.2. The third kappa shape index (κ3) is 2.75. The van der Waals surface area contributed by atoms with Gasteiger partial charge in [-0.05, 0) is 38.3 Å². The fraction of sp³-hybridized carbons (Fsp3) is 0.375. The van der Waals surface area contributed by atoms with E-state index >= 15 is 0 Å². The third-order valence-corrected chi connectivity index (χ3v) is 3.55. The van der Waals surface area contributed by atoms with Crippen molar-refractivity contribution in [3.05, 3.63) is 46.2 Å². The number of hydrogen-bond acceptors (Lipinski definition) is 3. The van der Waals surface area contributed by atoms with E-state index in [-0.39, 0.29) is 11.8 Å². The van der Waals surface area contributed by atoms with Crippen molar-refractivity contribution in [2.75, 3.05) is 0 Å². The van der Waals surface area contributed by atoms with Gasteiger partial charge in [0.1, 0.15) is 5.76 Å². The van der Waals surface area contributed by atoms with Gasteiger partial charge < -0.3 is 4.74 Å². The Morgan fingerprint density at radius 1 is 1.11 bits per heavy atom. The molecule has 0 spiro atoms. The zero-order chi connectivity index (χ0) is 14.0. The second-order valence-corrected chi connectivity index (χ2v) is 4.98. The molecule has 100 valence electrons. The van der Waals surface area contributed by atoms with Crippen LogP contribution in [-0.2, 0) is 9.53 Å². The van der Waals surface area contributed by atoms with E-state index in [1.54, 1.807) is 6.92 Å². The molecule has 0 radical (unpaired) electrons. The summed E-state index contributed by atoms with van der Waals surface area (Å²) >= 11 is 0. The molecule has 0 saturated carbocycles. The van der Waals surface area contributed by atoms with E-state index in [1.807, 2.05) is 32.0 Å². The highest BCUT2D eigenvalue weighted by Gasteiger charge is 2.22. The summed E-state index contributed by atoms with van der Waals surface area (Å²) in [4.78, 5) is 23.8. The maximum atomic E-state index is 12.2. The molecule has 1 aliphatic rings. The Balaban J connectivity index is 2.27. The second-order valence-electron chi connectivity index (χ2n) is 4.98. The summed E-state index contributed by atoms with van der Waals surface area (Å²) < 4.78 is 5.44. The largest absolute Gasteiger partial charge is 0.427 e. The van der Waals surface area contributed by atoms with Gasteiger partial charge in [0, 0.05) is 18.4 Å². The molecule has 0 fully saturated rings. The van der Waals surface area contributed by atoms with E-state index in [2.05, 4.69) is 0 Å². The molecule has 0 atom stereocenters. The zero-order valence-corrected chi connectivity index (χ0v) is 11.6. The van der Waals surface area contributed by atoms with E-state index in [4.69, 9.17) is 4.74 Å². The lowest BCUT2D eigenvalue weighted by Gasteiger charge is -2.17. The number of ketones is 1. The quantitative estimate of drug-likeness (QED) is 0.763. The molecular weight excluding hydrogens is 240 g/mol. The zero-order valence-electron chi connectivity index (χ0n) is 11.6. The summed E-state index contributed by atoms with van der Waals surface area (Å²) in [7, 11) is 0. The molecule has 0 aromatic heterocycles. The highest BCUT2D eigenvalue weighted by molar-refractivity contribution is 5.98. The van der Waals surface area contributed by atoms with Crippen LogP contribution in [0.25, 0.3) is 0 Å². The molecule has 1 aromatic rings. The van der Waals surface area contributed by atoms with Crippen molar-refractivity contribution < 1.29 is 14.3 Å². The maximum Gasteiger partial charge on any atom is 0.343 e. The molecule has 0 aliphatic heterocycles. The lowest BCUT2D eigenvalue weighted by Crippen LogP contribution is -2.15. The Labute approximate surface area is 113 Å². The van der Waals surface area contributed by atoms with Crippen molar-refractivity contribution in [2.45, 2.75) is 40.0 Å². The smallest absolute Gasteiger partial charge is 0.343 e. The number of hydrogen-bond donors (Lipinski definition) is 0. The van der Waals surface area contributed by atoms with Gasteiger partial charge in [-0.15, -0.1) is 0 Å². The van der Waals surface area contributed by atoms with E-state index in [0.717, 1.165) is 17.5 Å². The van der Waals surface area contributed by atoms with Gasteiger partial charge in [-0.3, -0.25) is 4.79 Å². The first kappa shape index (κ1) is 13.5. The summed E-state index contributed by atoms with van der Waals surface area (Å²) in [6.07, 6.45) is 1.97. The predicted molar refractivity (Wildman–Crippen MR) is 72.9 cm³/mol. The van der Waals surface area contributed by atoms with Crippen molar-refractivity contribution >= 4 is 11.8 Å².